The van der Waals surface area contributed by atoms with Crippen molar-refractivity contribution in [3.63, 3.8) is 0 Å². The van der Waals surface area contributed by atoms with E-state index in [0.717, 1.165) is 19.5 Å². The van der Waals surface area contributed by atoms with Gasteiger partial charge in [-0.2, -0.15) is 0 Å². The Hall–Kier alpha value is -0.610. The first-order valence-electron chi connectivity index (χ1n) is 5.16. The van der Waals surface area contributed by atoms with Crippen molar-refractivity contribution >= 4 is 5.91 Å². The van der Waals surface area contributed by atoms with Crippen LogP contribution >= 0.6 is 0 Å². The molecule has 0 aromatic rings. The quantitative estimate of drug-likeness (QED) is 0.675. The summed E-state index contributed by atoms with van der Waals surface area (Å²) in [5.74, 6) is 0.198. The van der Waals surface area contributed by atoms with Gasteiger partial charge in [0, 0.05) is 32.2 Å². The van der Waals surface area contributed by atoms with E-state index in [9.17, 15) is 4.79 Å². The Morgan fingerprint density at radius 2 is 2.07 bits per heavy atom. The highest BCUT2D eigenvalue weighted by atomic mass is 16.2. The normalized spacial score (nSPS) is 21.1. The summed E-state index contributed by atoms with van der Waals surface area (Å²) in [4.78, 5) is 15.6. The van der Waals surface area contributed by atoms with Crippen molar-refractivity contribution in [2.45, 2.75) is 25.8 Å². The van der Waals surface area contributed by atoms with Crippen molar-refractivity contribution < 1.29 is 4.79 Å². The van der Waals surface area contributed by atoms with E-state index in [2.05, 4.69) is 18.7 Å². The monoisotopic (exact) mass is 199 g/mol. The van der Waals surface area contributed by atoms with E-state index in [0.29, 0.717) is 13.1 Å². The molecule has 1 fully saturated rings. The molecule has 0 saturated carbocycles. The number of nitrogens with zero attached hydrogens (tertiary/aromatic N) is 2. The molecule has 14 heavy (non-hydrogen) atoms. The predicted molar refractivity (Wildman–Crippen MR) is 57.0 cm³/mol. The SMILES string of the molecule is CN1CCCN(C(C)(C)CN)CC1=O. The summed E-state index contributed by atoms with van der Waals surface area (Å²) in [6.07, 6.45) is 1.03. The number of hydrogen-bond acceptors (Lipinski definition) is 3. The second-order valence-corrected chi connectivity index (χ2v) is 4.61. The molecular weight excluding hydrogens is 178 g/mol. The van der Waals surface area contributed by atoms with Gasteiger partial charge in [0.25, 0.3) is 0 Å². The van der Waals surface area contributed by atoms with Crippen LogP contribution in [-0.4, -0.2) is 54.5 Å². The van der Waals surface area contributed by atoms with Crippen LogP contribution in [0, 0.1) is 0 Å². The molecule has 1 heterocycles. The van der Waals surface area contributed by atoms with Gasteiger partial charge in [-0.1, -0.05) is 0 Å². The highest BCUT2D eigenvalue weighted by Gasteiger charge is 2.29. The fourth-order valence-electron chi connectivity index (χ4n) is 1.63. The first kappa shape index (κ1) is 11.5. The van der Waals surface area contributed by atoms with Gasteiger partial charge in [0.1, 0.15) is 0 Å². The van der Waals surface area contributed by atoms with Crippen LogP contribution in [0.3, 0.4) is 0 Å². The number of carbonyl (C=O) groups excluding carboxylic acids is 1. The van der Waals surface area contributed by atoms with Crippen molar-refractivity contribution in [2.24, 2.45) is 5.73 Å². The Morgan fingerprint density at radius 1 is 1.43 bits per heavy atom. The highest BCUT2D eigenvalue weighted by molar-refractivity contribution is 5.78. The van der Waals surface area contributed by atoms with Crippen LogP contribution in [0.4, 0.5) is 0 Å². The zero-order valence-electron chi connectivity index (χ0n) is 9.42. The third-order valence-electron chi connectivity index (χ3n) is 3.03. The van der Waals surface area contributed by atoms with Crippen molar-refractivity contribution in [3.8, 4) is 0 Å². The van der Waals surface area contributed by atoms with Gasteiger partial charge in [0.05, 0.1) is 6.54 Å². The van der Waals surface area contributed by atoms with Crippen LogP contribution in [0.25, 0.3) is 0 Å². The number of likely N-dealkylation sites (N-methyl/N-ethyl adjacent to an activating group) is 1. The van der Waals surface area contributed by atoms with Crippen molar-refractivity contribution in [1.29, 1.82) is 0 Å². The minimum absolute atomic E-state index is 0.0686. The van der Waals surface area contributed by atoms with Crippen molar-refractivity contribution in [1.82, 2.24) is 9.80 Å². The first-order chi connectivity index (χ1) is 6.47. The molecule has 0 aliphatic carbocycles. The summed E-state index contributed by atoms with van der Waals surface area (Å²) >= 11 is 0. The highest BCUT2D eigenvalue weighted by Crippen LogP contribution is 2.15. The zero-order valence-corrected chi connectivity index (χ0v) is 9.42. The van der Waals surface area contributed by atoms with Crippen molar-refractivity contribution in [2.75, 3.05) is 33.2 Å². The molecule has 2 N–H and O–H groups in total. The van der Waals surface area contributed by atoms with Gasteiger partial charge >= 0.3 is 0 Å². The second-order valence-electron chi connectivity index (χ2n) is 4.61. The van der Waals surface area contributed by atoms with E-state index in [4.69, 9.17) is 5.73 Å². The Labute approximate surface area is 86.0 Å². The molecule has 1 aliphatic heterocycles. The Morgan fingerprint density at radius 3 is 2.64 bits per heavy atom. The smallest absolute Gasteiger partial charge is 0.236 e. The van der Waals surface area contributed by atoms with E-state index in [1.54, 1.807) is 4.90 Å². The second kappa shape index (κ2) is 4.28. The first-order valence-corrected chi connectivity index (χ1v) is 5.16. The third-order valence-corrected chi connectivity index (χ3v) is 3.03. The minimum Gasteiger partial charge on any atom is -0.345 e. The Bertz CT molecular complexity index is 215. The van der Waals surface area contributed by atoms with Gasteiger partial charge in [-0.3, -0.25) is 9.69 Å². The molecule has 0 aromatic heterocycles. The average Bonchev–Trinajstić information content (AvgIpc) is 2.30. The van der Waals surface area contributed by atoms with Crippen LogP contribution in [-0.2, 0) is 4.79 Å². The van der Waals surface area contributed by atoms with Crippen molar-refractivity contribution in [3.05, 3.63) is 0 Å². The molecule has 0 atom stereocenters. The lowest BCUT2D eigenvalue weighted by Crippen LogP contribution is -2.51. The summed E-state index contributed by atoms with van der Waals surface area (Å²) in [6, 6.07) is 0. The number of rotatable bonds is 2. The molecule has 1 aliphatic rings. The van der Waals surface area contributed by atoms with Gasteiger partial charge in [-0.05, 0) is 20.3 Å². The number of hydrogen-bond donors (Lipinski definition) is 1. The maximum Gasteiger partial charge on any atom is 0.236 e. The molecule has 1 saturated heterocycles. The lowest BCUT2D eigenvalue weighted by atomic mass is 10.0. The van der Waals surface area contributed by atoms with E-state index in [-0.39, 0.29) is 11.4 Å². The van der Waals surface area contributed by atoms with Gasteiger partial charge in [0.15, 0.2) is 0 Å². The van der Waals surface area contributed by atoms with Crippen LogP contribution in [0.2, 0.25) is 0 Å². The van der Waals surface area contributed by atoms with E-state index in [1.807, 2.05) is 7.05 Å². The molecular formula is C10H21N3O. The Kier molecular flexibility index (Phi) is 3.50. The average molecular weight is 199 g/mol. The van der Waals surface area contributed by atoms with E-state index in [1.165, 1.54) is 0 Å². The molecule has 0 unspecified atom stereocenters. The molecule has 1 amide bonds. The predicted octanol–water partition coefficient (Wildman–Crippen LogP) is -0.112. The van der Waals surface area contributed by atoms with Gasteiger partial charge in [-0.15, -0.1) is 0 Å². The number of carbonyl (C=O) groups is 1. The largest absolute Gasteiger partial charge is 0.345 e. The van der Waals surface area contributed by atoms with Crippen LogP contribution in [0.5, 0.6) is 0 Å². The molecule has 0 bridgehead atoms. The standard InChI is InChI=1S/C10H21N3O/c1-10(2,8-11)13-6-4-5-12(3)9(14)7-13/h4-8,11H2,1-3H3. The molecule has 0 spiro atoms. The van der Waals surface area contributed by atoms with E-state index < -0.39 is 0 Å². The summed E-state index contributed by atoms with van der Waals surface area (Å²) in [5, 5.41) is 0. The maximum atomic E-state index is 11.6. The third kappa shape index (κ3) is 2.45. The van der Waals surface area contributed by atoms with Crippen LogP contribution < -0.4 is 5.73 Å². The fraction of sp³-hybridized carbons (Fsp3) is 0.900. The van der Waals surface area contributed by atoms with Crippen LogP contribution in [0.15, 0.2) is 0 Å². The molecule has 0 radical (unpaired) electrons. The number of nitrogens with two attached hydrogens (primary N) is 1. The summed E-state index contributed by atoms with van der Waals surface area (Å²) in [7, 11) is 1.86. The summed E-state index contributed by atoms with van der Waals surface area (Å²) in [6.45, 7) is 7.08. The lowest BCUT2D eigenvalue weighted by molar-refractivity contribution is -0.130. The molecule has 1 rings (SSSR count). The molecule has 4 nitrogen and oxygen atoms in total. The molecule has 0 aromatic carbocycles. The summed E-state index contributed by atoms with van der Waals surface area (Å²) < 4.78 is 0. The van der Waals surface area contributed by atoms with Gasteiger partial charge < -0.3 is 10.6 Å². The van der Waals surface area contributed by atoms with E-state index >= 15 is 0 Å². The summed E-state index contributed by atoms with van der Waals surface area (Å²) in [5.41, 5.74) is 5.63. The number of amides is 1. The van der Waals surface area contributed by atoms with Crippen LogP contribution in [0.1, 0.15) is 20.3 Å². The Balaban J connectivity index is 2.67. The lowest BCUT2D eigenvalue weighted by Gasteiger charge is -2.36. The van der Waals surface area contributed by atoms with Gasteiger partial charge in [0.2, 0.25) is 5.91 Å². The zero-order chi connectivity index (χ0) is 10.8. The molecule has 4 heteroatoms. The fourth-order valence-corrected chi connectivity index (χ4v) is 1.63. The van der Waals surface area contributed by atoms with Gasteiger partial charge in [-0.25, -0.2) is 0 Å². The molecule has 82 valence electrons. The topological polar surface area (TPSA) is 49.6 Å². The maximum absolute atomic E-state index is 11.6. The minimum atomic E-state index is -0.0686.